The predicted octanol–water partition coefficient (Wildman–Crippen LogP) is 2.87. The molecule has 3 aromatic rings. The van der Waals surface area contributed by atoms with E-state index in [2.05, 4.69) is 41.5 Å². The molecule has 4 rings (SSSR count). The van der Waals surface area contributed by atoms with Crippen LogP contribution < -0.4 is 5.69 Å². The van der Waals surface area contributed by atoms with Gasteiger partial charge in [-0.3, -0.25) is 4.79 Å². The molecule has 2 aromatic heterocycles. The highest BCUT2D eigenvalue weighted by molar-refractivity contribution is 5.92. The lowest BCUT2D eigenvalue weighted by Crippen LogP contribution is -2.39. The van der Waals surface area contributed by atoms with Crippen molar-refractivity contribution in [3.8, 4) is 0 Å². The van der Waals surface area contributed by atoms with Gasteiger partial charge in [-0.05, 0) is 43.4 Å². The van der Waals surface area contributed by atoms with Crippen molar-refractivity contribution in [3.63, 3.8) is 0 Å². The molecule has 0 saturated carbocycles. The highest BCUT2D eigenvalue weighted by atomic mass is 16.2. The number of para-hydroxylation sites is 2. The molecule has 0 aliphatic carbocycles. The number of hydrogen-bond acceptors (Lipinski definition) is 4. The highest BCUT2D eigenvalue weighted by Crippen LogP contribution is 2.30. The molecule has 3 heterocycles. The Labute approximate surface area is 169 Å². The molecule has 1 aromatic carbocycles. The molecule has 7 nitrogen and oxygen atoms in total. The zero-order valence-corrected chi connectivity index (χ0v) is 17.2. The maximum atomic E-state index is 12.9. The van der Waals surface area contributed by atoms with Gasteiger partial charge in [0.25, 0.3) is 5.91 Å². The van der Waals surface area contributed by atoms with Crippen LogP contribution in [-0.2, 0) is 13.5 Å². The maximum absolute atomic E-state index is 12.9. The second-order valence-electron chi connectivity index (χ2n) is 8.28. The average Bonchev–Trinajstić information content (AvgIpc) is 3.03. The summed E-state index contributed by atoms with van der Waals surface area (Å²) in [6.07, 6.45) is 2.42. The molecule has 1 aliphatic rings. The van der Waals surface area contributed by atoms with Crippen LogP contribution in [-0.4, -0.2) is 43.4 Å². The van der Waals surface area contributed by atoms with Gasteiger partial charge in [0.2, 0.25) is 0 Å². The summed E-state index contributed by atoms with van der Waals surface area (Å²) in [5.41, 5.74) is 2.69. The summed E-state index contributed by atoms with van der Waals surface area (Å²) >= 11 is 0. The monoisotopic (exact) mass is 393 g/mol. The molecule has 1 aliphatic heterocycles. The first kappa shape index (κ1) is 19.4. The van der Waals surface area contributed by atoms with Gasteiger partial charge in [0.15, 0.2) is 0 Å². The van der Waals surface area contributed by atoms with Crippen molar-refractivity contribution in [2.45, 2.75) is 39.0 Å². The number of benzene rings is 1. The number of nitrogens with one attached hydrogen (secondary N) is 1. The standard InChI is InChI=1S/C22H27N5O2/c1-14(2)12-16-13-18(25-22(29)23-16)21(28)27-10-8-15(9-11-27)20-24-17-6-4-5-7-19(17)26(20)3/h4-7,13-15H,8-12H2,1-3H3,(H,23,25,29). The molecule has 1 amide bonds. The van der Waals surface area contributed by atoms with E-state index in [1.807, 2.05) is 18.2 Å². The minimum Gasteiger partial charge on any atom is -0.337 e. The van der Waals surface area contributed by atoms with Gasteiger partial charge in [-0.2, -0.15) is 4.98 Å². The Morgan fingerprint density at radius 1 is 1.21 bits per heavy atom. The maximum Gasteiger partial charge on any atom is 0.345 e. The SMILES string of the molecule is CC(C)Cc1cc(C(=O)N2CCC(c3nc4ccccc4n3C)CC2)nc(=O)[nH]1. The van der Waals surface area contributed by atoms with Crippen LogP contribution in [0.5, 0.6) is 0 Å². The number of aromatic amines is 1. The number of carbonyl (C=O) groups is 1. The second-order valence-corrected chi connectivity index (χ2v) is 8.28. The topological polar surface area (TPSA) is 83.9 Å². The lowest BCUT2D eigenvalue weighted by atomic mass is 9.95. The van der Waals surface area contributed by atoms with Crippen LogP contribution in [0.1, 0.15) is 54.6 Å². The number of carbonyl (C=O) groups excluding carboxylic acids is 1. The van der Waals surface area contributed by atoms with Crippen molar-refractivity contribution in [1.29, 1.82) is 0 Å². The third-order valence-electron chi connectivity index (χ3n) is 5.62. The van der Waals surface area contributed by atoms with Gasteiger partial charge < -0.3 is 14.5 Å². The number of likely N-dealkylation sites (tertiary alicyclic amines) is 1. The van der Waals surface area contributed by atoms with Crippen LogP contribution in [0.15, 0.2) is 35.1 Å². The molecule has 29 heavy (non-hydrogen) atoms. The van der Waals surface area contributed by atoms with Gasteiger partial charge in [0.1, 0.15) is 11.5 Å². The number of aryl methyl sites for hydroxylation is 1. The number of piperidine rings is 1. The molecule has 7 heteroatoms. The molecule has 0 bridgehead atoms. The molecule has 152 valence electrons. The first-order chi connectivity index (χ1) is 13.9. The Bertz CT molecular complexity index is 1090. The fourth-order valence-electron chi connectivity index (χ4n) is 4.20. The molecule has 0 atom stereocenters. The number of amides is 1. The van der Waals surface area contributed by atoms with E-state index in [9.17, 15) is 9.59 Å². The number of rotatable bonds is 4. The van der Waals surface area contributed by atoms with E-state index in [1.165, 1.54) is 0 Å². The van der Waals surface area contributed by atoms with Gasteiger partial charge in [0, 0.05) is 31.7 Å². The van der Waals surface area contributed by atoms with Gasteiger partial charge in [-0.25, -0.2) is 9.78 Å². The van der Waals surface area contributed by atoms with E-state index in [4.69, 9.17) is 4.98 Å². The van der Waals surface area contributed by atoms with Gasteiger partial charge in [0.05, 0.1) is 11.0 Å². The third kappa shape index (κ3) is 3.95. The Balaban J connectivity index is 1.48. The second kappa shape index (κ2) is 7.81. The largest absolute Gasteiger partial charge is 0.345 e. The van der Waals surface area contributed by atoms with Crippen molar-refractivity contribution in [3.05, 3.63) is 58.0 Å². The number of imidazole rings is 1. The quantitative estimate of drug-likeness (QED) is 0.739. The predicted molar refractivity (Wildman–Crippen MR) is 112 cm³/mol. The van der Waals surface area contributed by atoms with Gasteiger partial charge >= 0.3 is 5.69 Å². The van der Waals surface area contributed by atoms with Crippen molar-refractivity contribution in [1.82, 2.24) is 24.4 Å². The van der Waals surface area contributed by atoms with E-state index in [0.29, 0.717) is 31.3 Å². The summed E-state index contributed by atoms with van der Waals surface area (Å²) in [4.78, 5) is 38.1. The summed E-state index contributed by atoms with van der Waals surface area (Å²) in [5, 5.41) is 0. The van der Waals surface area contributed by atoms with Crippen molar-refractivity contribution in [2.75, 3.05) is 13.1 Å². The van der Waals surface area contributed by atoms with Crippen LogP contribution in [0.2, 0.25) is 0 Å². The summed E-state index contributed by atoms with van der Waals surface area (Å²) in [6.45, 7) is 5.43. The van der Waals surface area contributed by atoms with Crippen LogP contribution in [0.25, 0.3) is 11.0 Å². The Kier molecular flexibility index (Phi) is 5.22. The zero-order valence-electron chi connectivity index (χ0n) is 17.2. The Morgan fingerprint density at radius 3 is 2.62 bits per heavy atom. The summed E-state index contributed by atoms with van der Waals surface area (Å²) in [5.74, 6) is 1.62. The van der Waals surface area contributed by atoms with Crippen molar-refractivity contribution < 1.29 is 4.79 Å². The van der Waals surface area contributed by atoms with E-state index >= 15 is 0 Å². The van der Waals surface area contributed by atoms with Gasteiger partial charge in [-0.1, -0.05) is 26.0 Å². The average molecular weight is 393 g/mol. The molecular weight excluding hydrogens is 366 g/mol. The number of fused-ring (bicyclic) bond motifs is 1. The highest BCUT2D eigenvalue weighted by Gasteiger charge is 2.28. The van der Waals surface area contributed by atoms with E-state index in [0.717, 1.165) is 35.4 Å². The fraction of sp³-hybridized carbons (Fsp3) is 0.455. The Hall–Kier alpha value is -2.96. The molecule has 0 spiro atoms. The number of nitrogens with zero attached hydrogens (tertiary/aromatic N) is 4. The van der Waals surface area contributed by atoms with Crippen LogP contribution in [0.3, 0.4) is 0 Å². The van der Waals surface area contributed by atoms with Crippen LogP contribution >= 0.6 is 0 Å². The third-order valence-corrected chi connectivity index (χ3v) is 5.62. The lowest BCUT2D eigenvalue weighted by Gasteiger charge is -2.31. The number of aromatic nitrogens is 4. The molecular formula is C22H27N5O2. The first-order valence-electron chi connectivity index (χ1n) is 10.2. The lowest BCUT2D eigenvalue weighted by molar-refractivity contribution is 0.0704. The molecule has 0 radical (unpaired) electrons. The van der Waals surface area contributed by atoms with Crippen LogP contribution in [0, 0.1) is 5.92 Å². The van der Waals surface area contributed by atoms with E-state index in [-0.39, 0.29) is 11.6 Å². The number of H-pyrrole nitrogens is 1. The number of hydrogen-bond donors (Lipinski definition) is 1. The summed E-state index contributed by atoms with van der Waals surface area (Å²) in [6, 6.07) is 9.86. The molecule has 1 fully saturated rings. The normalized spacial score (nSPS) is 15.4. The van der Waals surface area contributed by atoms with E-state index in [1.54, 1.807) is 11.0 Å². The minimum absolute atomic E-state index is 0.162. The van der Waals surface area contributed by atoms with E-state index < -0.39 is 5.69 Å². The smallest absolute Gasteiger partial charge is 0.337 e. The van der Waals surface area contributed by atoms with Crippen LogP contribution in [0.4, 0.5) is 0 Å². The van der Waals surface area contributed by atoms with Gasteiger partial charge in [-0.15, -0.1) is 0 Å². The fourth-order valence-corrected chi connectivity index (χ4v) is 4.20. The van der Waals surface area contributed by atoms with Crippen molar-refractivity contribution >= 4 is 16.9 Å². The summed E-state index contributed by atoms with van der Waals surface area (Å²) in [7, 11) is 2.05. The molecule has 0 unspecified atom stereocenters. The van der Waals surface area contributed by atoms with Crippen molar-refractivity contribution in [2.24, 2.45) is 13.0 Å². The zero-order chi connectivity index (χ0) is 20.5. The Morgan fingerprint density at radius 2 is 1.93 bits per heavy atom. The molecule has 1 saturated heterocycles. The minimum atomic E-state index is -0.457. The first-order valence-corrected chi connectivity index (χ1v) is 10.2. The molecule has 1 N–H and O–H groups in total. The summed E-state index contributed by atoms with van der Waals surface area (Å²) < 4.78 is 2.16.